The Morgan fingerprint density at radius 2 is 2.05 bits per heavy atom. The molecule has 0 aromatic heterocycles. The molecule has 0 heterocycles. The molecular weight excluding hydrogens is 285 g/mol. The van der Waals surface area contributed by atoms with Crippen molar-refractivity contribution in [2.24, 2.45) is 0 Å². The highest BCUT2D eigenvalue weighted by Crippen LogP contribution is 2.32. The molecule has 1 aliphatic carbocycles. The maximum Gasteiger partial charge on any atom is 0.128 e. The monoisotopic (exact) mass is 303 g/mol. The van der Waals surface area contributed by atoms with Crippen LogP contribution in [0.2, 0.25) is 10.0 Å². The van der Waals surface area contributed by atoms with Crippen LogP contribution in [0.1, 0.15) is 20.3 Å². The lowest BCUT2D eigenvalue weighted by atomic mass is 9.85. The Bertz CT molecular complexity index is 428. The number of likely N-dealkylation sites (N-methyl/N-ethyl adjacent to an activating group) is 1. The largest absolute Gasteiger partial charge is 0.488 e. The van der Waals surface area contributed by atoms with E-state index in [0.29, 0.717) is 22.7 Å². The van der Waals surface area contributed by atoms with Gasteiger partial charge >= 0.3 is 0 Å². The van der Waals surface area contributed by atoms with Gasteiger partial charge in [0, 0.05) is 25.1 Å². The van der Waals surface area contributed by atoms with Gasteiger partial charge in [-0.25, -0.2) is 0 Å². The van der Waals surface area contributed by atoms with Crippen molar-refractivity contribution in [2.75, 3.05) is 13.2 Å². The van der Waals surface area contributed by atoms with E-state index in [-0.39, 0.29) is 12.2 Å². The van der Waals surface area contributed by atoms with E-state index in [9.17, 15) is 0 Å². The van der Waals surface area contributed by atoms with Gasteiger partial charge < -0.3 is 14.8 Å². The van der Waals surface area contributed by atoms with Gasteiger partial charge in [0.15, 0.2) is 0 Å². The number of hydrogen-bond donors (Lipinski definition) is 1. The molecule has 3 nitrogen and oxygen atoms in total. The highest BCUT2D eigenvalue weighted by molar-refractivity contribution is 6.42. The van der Waals surface area contributed by atoms with Crippen LogP contribution < -0.4 is 10.1 Å². The summed E-state index contributed by atoms with van der Waals surface area (Å²) in [6.07, 6.45) is 1.11. The smallest absolute Gasteiger partial charge is 0.128 e. The van der Waals surface area contributed by atoms with E-state index >= 15 is 0 Å². The van der Waals surface area contributed by atoms with Crippen LogP contribution >= 0.6 is 23.2 Å². The molecule has 5 heteroatoms. The third-order valence-corrected chi connectivity index (χ3v) is 3.99. The summed E-state index contributed by atoms with van der Waals surface area (Å²) in [4.78, 5) is 0. The minimum absolute atomic E-state index is 0.0706. The van der Waals surface area contributed by atoms with Gasteiger partial charge in [-0.2, -0.15) is 0 Å². The molecule has 1 aliphatic rings. The van der Waals surface area contributed by atoms with E-state index in [1.807, 2.05) is 13.0 Å². The van der Waals surface area contributed by atoms with Crippen molar-refractivity contribution in [2.45, 2.75) is 38.5 Å². The van der Waals surface area contributed by atoms with E-state index in [1.54, 1.807) is 12.1 Å². The molecule has 0 radical (unpaired) electrons. The van der Waals surface area contributed by atoms with Crippen LogP contribution in [0, 0.1) is 0 Å². The van der Waals surface area contributed by atoms with Crippen LogP contribution in [0.4, 0.5) is 0 Å². The average Bonchev–Trinajstić information content (AvgIpc) is 2.39. The minimum Gasteiger partial charge on any atom is -0.488 e. The van der Waals surface area contributed by atoms with Crippen LogP contribution in [0.3, 0.4) is 0 Å². The van der Waals surface area contributed by atoms with E-state index in [1.165, 1.54) is 0 Å². The fourth-order valence-corrected chi connectivity index (χ4v) is 2.59. The van der Waals surface area contributed by atoms with Crippen molar-refractivity contribution < 1.29 is 9.47 Å². The van der Waals surface area contributed by atoms with E-state index in [0.717, 1.165) is 18.7 Å². The summed E-state index contributed by atoms with van der Waals surface area (Å²) in [5.41, 5.74) is 0. The Morgan fingerprint density at radius 1 is 1.26 bits per heavy atom. The molecule has 106 valence electrons. The summed E-state index contributed by atoms with van der Waals surface area (Å²) in [5.74, 6) is 0.735. The second-order valence-corrected chi connectivity index (χ2v) is 5.37. The summed E-state index contributed by atoms with van der Waals surface area (Å²) in [6.45, 7) is 5.72. The molecule has 1 aromatic carbocycles. The third kappa shape index (κ3) is 3.54. The molecule has 0 aliphatic heterocycles. The lowest BCUT2D eigenvalue weighted by Gasteiger charge is -2.44. The first-order valence-electron chi connectivity index (χ1n) is 6.62. The predicted molar refractivity (Wildman–Crippen MR) is 78.4 cm³/mol. The van der Waals surface area contributed by atoms with Crippen molar-refractivity contribution in [3.63, 3.8) is 0 Å². The molecule has 2 rings (SSSR count). The van der Waals surface area contributed by atoms with Crippen molar-refractivity contribution in [1.29, 1.82) is 0 Å². The number of benzene rings is 1. The first-order valence-corrected chi connectivity index (χ1v) is 7.38. The first kappa shape index (κ1) is 14.9. The Balaban J connectivity index is 1.96. The fourth-order valence-electron chi connectivity index (χ4n) is 2.30. The molecule has 19 heavy (non-hydrogen) atoms. The highest BCUT2D eigenvalue weighted by atomic mass is 35.5. The number of rotatable bonds is 6. The van der Waals surface area contributed by atoms with Gasteiger partial charge in [0.25, 0.3) is 0 Å². The number of ether oxygens (including phenoxy) is 2. The molecule has 1 aromatic rings. The summed E-state index contributed by atoms with van der Waals surface area (Å²) >= 11 is 11.9. The zero-order valence-corrected chi connectivity index (χ0v) is 12.7. The topological polar surface area (TPSA) is 30.5 Å². The van der Waals surface area contributed by atoms with Crippen LogP contribution in [0.5, 0.6) is 5.75 Å². The van der Waals surface area contributed by atoms with Gasteiger partial charge in [0.1, 0.15) is 18.0 Å². The van der Waals surface area contributed by atoms with Crippen molar-refractivity contribution in [3.8, 4) is 5.75 Å². The van der Waals surface area contributed by atoms with Gasteiger partial charge in [-0.1, -0.05) is 30.1 Å². The van der Waals surface area contributed by atoms with Gasteiger partial charge in [-0.3, -0.25) is 0 Å². The molecule has 3 atom stereocenters. The van der Waals surface area contributed by atoms with Crippen molar-refractivity contribution in [1.82, 2.24) is 5.32 Å². The van der Waals surface area contributed by atoms with Crippen LogP contribution in [-0.2, 0) is 4.74 Å². The zero-order valence-electron chi connectivity index (χ0n) is 11.2. The zero-order chi connectivity index (χ0) is 13.8. The molecule has 1 fully saturated rings. The van der Waals surface area contributed by atoms with E-state index in [4.69, 9.17) is 32.7 Å². The molecule has 3 unspecified atom stereocenters. The molecular formula is C14H19Cl2NO2. The van der Waals surface area contributed by atoms with Crippen molar-refractivity contribution >= 4 is 23.2 Å². The van der Waals surface area contributed by atoms with Crippen LogP contribution in [0.15, 0.2) is 18.2 Å². The average molecular weight is 304 g/mol. The first-order chi connectivity index (χ1) is 9.15. The Morgan fingerprint density at radius 3 is 2.68 bits per heavy atom. The Kier molecular flexibility index (Phi) is 5.34. The SMILES string of the molecule is CCNC1CC(Oc2ccc(Cl)c(Cl)c2)C1OCC. The van der Waals surface area contributed by atoms with Gasteiger partial charge in [0.2, 0.25) is 0 Å². The standard InChI is InChI=1S/C14H19Cl2NO2/c1-3-17-12-8-13(14(12)18-4-2)19-9-5-6-10(15)11(16)7-9/h5-7,12-14,17H,3-4,8H2,1-2H3. The van der Waals surface area contributed by atoms with Gasteiger partial charge in [-0.15, -0.1) is 0 Å². The minimum atomic E-state index is 0.0706. The summed E-state index contributed by atoms with van der Waals surface area (Å²) in [7, 11) is 0. The molecule has 0 saturated heterocycles. The maximum atomic E-state index is 5.98. The fraction of sp³-hybridized carbons (Fsp3) is 0.571. The summed E-state index contributed by atoms with van der Waals surface area (Å²) < 4.78 is 11.7. The lowest BCUT2D eigenvalue weighted by Crippen LogP contribution is -2.61. The van der Waals surface area contributed by atoms with Gasteiger partial charge in [0.05, 0.1) is 10.0 Å². The summed E-state index contributed by atoms with van der Waals surface area (Å²) in [5, 5.41) is 4.45. The molecule has 0 bridgehead atoms. The molecule has 0 amide bonds. The van der Waals surface area contributed by atoms with Crippen LogP contribution in [0.25, 0.3) is 0 Å². The van der Waals surface area contributed by atoms with E-state index < -0.39 is 0 Å². The third-order valence-electron chi connectivity index (χ3n) is 3.25. The van der Waals surface area contributed by atoms with Gasteiger partial charge in [-0.05, 0) is 25.6 Å². The predicted octanol–water partition coefficient (Wildman–Crippen LogP) is 3.53. The van der Waals surface area contributed by atoms with Crippen molar-refractivity contribution in [3.05, 3.63) is 28.2 Å². The molecule has 1 N–H and O–H groups in total. The normalized spacial score (nSPS) is 26.0. The quantitative estimate of drug-likeness (QED) is 0.872. The maximum absolute atomic E-state index is 5.98. The second-order valence-electron chi connectivity index (χ2n) is 4.55. The van der Waals surface area contributed by atoms with E-state index in [2.05, 4.69) is 12.2 Å². The number of nitrogens with one attached hydrogen (secondary N) is 1. The van der Waals surface area contributed by atoms with Crippen LogP contribution in [-0.4, -0.2) is 31.4 Å². The molecule has 0 spiro atoms. The Labute approximate surface area is 124 Å². The summed E-state index contributed by atoms with van der Waals surface area (Å²) in [6, 6.07) is 5.69. The lowest BCUT2D eigenvalue weighted by molar-refractivity contribution is -0.104. The molecule has 1 saturated carbocycles. The second kappa shape index (κ2) is 6.80. The highest BCUT2D eigenvalue weighted by Gasteiger charge is 2.43. The number of hydrogen-bond acceptors (Lipinski definition) is 3. The Hall–Kier alpha value is -0.480. The number of halogens is 2.